The highest BCUT2D eigenvalue weighted by molar-refractivity contribution is 5.90. The Morgan fingerprint density at radius 1 is 1.41 bits per heavy atom. The minimum atomic E-state index is -1.09. The number of carboxylic acids is 1. The Balaban J connectivity index is 1.94. The summed E-state index contributed by atoms with van der Waals surface area (Å²) in [4.78, 5) is 25.8. The molecule has 0 bridgehead atoms. The molecule has 0 saturated heterocycles. The maximum absolute atomic E-state index is 11.5. The predicted molar refractivity (Wildman–Crippen MR) is 61.0 cm³/mol. The van der Waals surface area contributed by atoms with Crippen molar-refractivity contribution in [3.05, 3.63) is 24.0 Å². The molecule has 2 amide bonds. The van der Waals surface area contributed by atoms with E-state index in [0.717, 1.165) is 12.8 Å². The third-order valence-electron chi connectivity index (χ3n) is 2.66. The number of pyridine rings is 1. The molecular weight excluding hydrogens is 222 g/mol. The highest BCUT2D eigenvalue weighted by Crippen LogP contribution is 2.34. The Bertz CT molecular complexity index is 452. The summed E-state index contributed by atoms with van der Waals surface area (Å²) in [6.45, 7) is 1.97. The standard InChI is InChI=1S/C11H13N3O3/c1-11(4-5-11)14-10(17)13-7-2-3-8(9(15)16)12-6-7/h2-3,6H,4-5H2,1H3,(H,15,16)(H2,13,14,17). The van der Waals surface area contributed by atoms with Crippen molar-refractivity contribution in [3.63, 3.8) is 0 Å². The van der Waals surface area contributed by atoms with Gasteiger partial charge in [0.15, 0.2) is 0 Å². The van der Waals surface area contributed by atoms with Gasteiger partial charge in [-0.05, 0) is 31.9 Å². The molecule has 1 aromatic heterocycles. The summed E-state index contributed by atoms with van der Waals surface area (Å²) in [6.07, 6.45) is 3.28. The number of aromatic carboxylic acids is 1. The first kappa shape index (κ1) is 11.4. The van der Waals surface area contributed by atoms with E-state index in [4.69, 9.17) is 5.11 Å². The van der Waals surface area contributed by atoms with Crippen molar-refractivity contribution in [1.82, 2.24) is 10.3 Å². The number of amides is 2. The number of carbonyl (C=O) groups excluding carboxylic acids is 1. The van der Waals surface area contributed by atoms with Gasteiger partial charge in [-0.15, -0.1) is 0 Å². The van der Waals surface area contributed by atoms with Gasteiger partial charge in [0.05, 0.1) is 11.9 Å². The zero-order valence-corrected chi connectivity index (χ0v) is 9.36. The van der Waals surface area contributed by atoms with E-state index in [0.29, 0.717) is 5.69 Å². The molecule has 1 aliphatic carbocycles. The van der Waals surface area contributed by atoms with Gasteiger partial charge in [-0.2, -0.15) is 0 Å². The number of hydrogen-bond donors (Lipinski definition) is 3. The first-order chi connectivity index (χ1) is 7.98. The van der Waals surface area contributed by atoms with E-state index in [1.807, 2.05) is 6.92 Å². The van der Waals surface area contributed by atoms with Gasteiger partial charge in [-0.1, -0.05) is 0 Å². The van der Waals surface area contributed by atoms with Gasteiger partial charge in [0.1, 0.15) is 5.69 Å². The fourth-order valence-corrected chi connectivity index (χ4v) is 1.34. The number of aromatic nitrogens is 1. The second kappa shape index (κ2) is 4.04. The van der Waals surface area contributed by atoms with E-state index in [-0.39, 0.29) is 17.3 Å². The quantitative estimate of drug-likeness (QED) is 0.739. The van der Waals surface area contributed by atoms with Crippen LogP contribution in [0.5, 0.6) is 0 Å². The van der Waals surface area contributed by atoms with E-state index in [1.54, 1.807) is 0 Å². The van der Waals surface area contributed by atoms with Crippen molar-refractivity contribution in [2.24, 2.45) is 0 Å². The van der Waals surface area contributed by atoms with E-state index in [1.165, 1.54) is 18.3 Å². The molecule has 6 nitrogen and oxygen atoms in total. The van der Waals surface area contributed by atoms with Crippen molar-refractivity contribution < 1.29 is 14.7 Å². The first-order valence-corrected chi connectivity index (χ1v) is 5.27. The SMILES string of the molecule is CC1(NC(=O)Nc2ccc(C(=O)O)nc2)CC1. The van der Waals surface area contributed by atoms with E-state index in [2.05, 4.69) is 15.6 Å². The van der Waals surface area contributed by atoms with Gasteiger partial charge >= 0.3 is 12.0 Å². The number of carboxylic acid groups (broad SMARTS) is 1. The second-order valence-corrected chi connectivity index (χ2v) is 4.38. The zero-order chi connectivity index (χ0) is 12.5. The van der Waals surface area contributed by atoms with Crippen LogP contribution in [0.4, 0.5) is 10.5 Å². The summed E-state index contributed by atoms with van der Waals surface area (Å²) in [5.41, 5.74) is 0.334. The lowest BCUT2D eigenvalue weighted by Gasteiger charge is -2.12. The molecule has 0 aliphatic heterocycles. The fourth-order valence-electron chi connectivity index (χ4n) is 1.34. The number of hydrogen-bond acceptors (Lipinski definition) is 3. The van der Waals surface area contributed by atoms with Crippen LogP contribution in [-0.2, 0) is 0 Å². The maximum Gasteiger partial charge on any atom is 0.354 e. The topological polar surface area (TPSA) is 91.3 Å². The summed E-state index contributed by atoms with van der Waals surface area (Å²) >= 11 is 0. The molecule has 1 aromatic rings. The van der Waals surface area contributed by atoms with Gasteiger partial charge in [-0.25, -0.2) is 14.6 Å². The molecule has 0 atom stereocenters. The molecule has 17 heavy (non-hydrogen) atoms. The summed E-state index contributed by atoms with van der Waals surface area (Å²) < 4.78 is 0. The fraction of sp³-hybridized carbons (Fsp3) is 0.364. The van der Waals surface area contributed by atoms with E-state index >= 15 is 0 Å². The molecule has 0 aromatic carbocycles. The minimum Gasteiger partial charge on any atom is -0.477 e. The van der Waals surface area contributed by atoms with Gasteiger partial charge in [0, 0.05) is 5.54 Å². The third kappa shape index (κ3) is 2.93. The number of rotatable bonds is 3. The van der Waals surface area contributed by atoms with Crippen LogP contribution >= 0.6 is 0 Å². The minimum absolute atomic E-state index is 0.0508. The van der Waals surface area contributed by atoms with E-state index < -0.39 is 5.97 Å². The Labute approximate surface area is 98.1 Å². The average molecular weight is 235 g/mol. The van der Waals surface area contributed by atoms with Crippen LogP contribution in [0.15, 0.2) is 18.3 Å². The highest BCUT2D eigenvalue weighted by Gasteiger charge is 2.38. The van der Waals surface area contributed by atoms with Crippen LogP contribution in [0.3, 0.4) is 0 Å². The van der Waals surface area contributed by atoms with Crippen LogP contribution in [-0.4, -0.2) is 27.6 Å². The number of anilines is 1. The number of nitrogens with one attached hydrogen (secondary N) is 2. The van der Waals surface area contributed by atoms with Crippen molar-refractivity contribution >= 4 is 17.7 Å². The van der Waals surface area contributed by atoms with Crippen molar-refractivity contribution in [2.75, 3.05) is 5.32 Å². The molecule has 90 valence electrons. The summed E-state index contributed by atoms with van der Waals surface area (Å²) in [7, 11) is 0. The van der Waals surface area contributed by atoms with Crippen molar-refractivity contribution in [2.45, 2.75) is 25.3 Å². The molecule has 1 saturated carbocycles. The van der Waals surface area contributed by atoms with E-state index in [9.17, 15) is 9.59 Å². The second-order valence-electron chi connectivity index (χ2n) is 4.38. The normalized spacial score (nSPS) is 16.1. The largest absolute Gasteiger partial charge is 0.477 e. The van der Waals surface area contributed by atoms with Crippen LogP contribution in [0.2, 0.25) is 0 Å². The van der Waals surface area contributed by atoms with Gasteiger partial charge in [-0.3, -0.25) is 0 Å². The Hall–Kier alpha value is -2.11. The summed E-state index contributed by atoms with van der Waals surface area (Å²) in [6, 6.07) is 2.55. The van der Waals surface area contributed by atoms with Crippen molar-refractivity contribution in [3.8, 4) is 0 Å². The molecule has 6 heteroatoms. The van der Waals surface area contributed by atoms with Crippen LogP contribution in [0.1, 0.15) is 30.3 Å². The molecule has 2 rings (SSSR count). The highest BCUT2D eigenvalue weighted by atomic mass is 16.4. The lowest BCUT2D eigenvalue weighted by atomic mass is 10.3. The summed E-state index contributed by atoms with van der Waals surface area (Å²) in [5.74, 6) is -1.09. The average Bonchev–Trinajstić information content (AvgIpc) is 2.96. The molecule has 0 spiro atoms. The zero-order valence-electron chi connectivity index (χ0n) is 9.36. The third-order valence-corrected chi connectivity index (χ3v) is 2.66. The molecule has 3 N–H and O–H groups in total. The van der Waals surface area contributed by atoms with Gasteiger partial charge < -0.3 is 15.7 Å². The predicted octanol–water partition coefficient (Wildman–Crippen LogP) is 1.45. The maximum atomic E-state index is 11.5. The smallest absolute Gasteiger partial charge is 0.354 e. The lowest BCUT2D eigenvalue weighted by Crippen LogP contribution is -2.37. The lowest BCUT2D eigenvalue weighted by molar-refractivity contribution is 0.0690. The number of nitrogens with zero attached hydrogens (tertiary/aromatic N) is 1. The Morgan fingerprint density at radius 2 is 2.12 bits per heavy atom. The molecule has 1 aliphatic rings. The molecule has 0 unspecified atom stereocenters. The molecule has 0 radical (unpaired) electrons. The monoisotopic (exact) mass is 235 g/mol. The van der Waals surface area contributed by atoms with Crippen LogP contribution in [0.25, 0.3) is 0 Å². The molecule has 1 heterocycles. The molecular formula is C11H13N3O3. The Kier molecular flexibility index (Phi) is 2.71. The first-order valence-electron chi connectivity index (χ1n) is 5.27. The van der Waals surface area contributed by atoms with Crippen molar-refractivity contribution in [1.29, 1.82) is 0 Å². The molecule has 1 fully saturated rings. The number of carbonyl (C=O) groups is 2. The van der Waals surface area contributed by atoms with Gasteiger partial charge in [0.2, 0.25) is 0 Å². The Morgan fingerprint density at radius 3 is 2.59 bits per heavy atom. The van der Waals surface area contributed by atoms with Gasteiger partial charge in [0.25, 0.3) is 0 Å². The summed E-state index contributed by atoms with van der Waals surface area (Å²) in [5, 5.41) is 14.1. The van der Waals surface area contributed by atoms with Crippen LogP contribution in [0, 0.1) is 0 Å². The van der Waals surface area contributed by atoms with Crippen LogP contribution < -0.4 is 10.6 Å². The number of urea groups is 1.